The van der Waals surface area contributed by atoms with Gasteiger partial charge in [0.15, 0.2) is 0 Å². The lowest BCUT2D eigenvalue weighted by Crippen LogP contribution is -2.23. The van der Waals surface area contributed by atoms with Gasteiger partial charge in [0.25, 0.3) is 0 Å². The summed E-state index contributed by atoms with van der Waals surface area (Å²) in [7, 11) is 0. The summed E-state index contributed by atoms with van der Waals surface area (Å²) in [5.74, 6) is 0.242. The molecule has 9 aromatic carbocycles. The van der Waals surface area contributed by atoms with Crippen LogP contribution < -0.4 is 10.4 Å². The molecule has 0 spiro atoms. The molecule has 1 aliphatic rings. The van der Waals surface area contributed by atoms with Crippen LogP contribution in [-0.4, -0.2) is 0 Å². The van der Waals surface area contributed by atoms with Crippen LogP contribution in [0.3, 0.4) is 0 Å². The van der Waals surface area contributed by atoms with Crippen molar-refractivity contribution in [1.29, 1.82) is 0 Å². The Morgan fingerprint density at radius 1 is 0.484 bits per heavy atom. The Morgan fingerprint density at radius 2 is 1.03 bits per heavy atom. The molecule has 0 amide bonds. The molecule has 10 rings (SSSR count). The molecule has 0 saturated carbocycles. The average molecular weight is 793 g/mol. The van der Waals surface area contributed by atoms with E-state index in [2.05, 4.69) is 246 Å². The van der Waals surface area contributed by atoms with E-state index in [1.807, 2.05) is 0 Å². The van der Waals surface area contributed by atoms with Crippen molar-refractivity contribution < 1.29 is 0 Å². The van der Waals surface area contributed by atoms with Gasteiger partial charge in [0.1, 0.15) is 0 Å². The van der Waals surface area contributed by atoms with Crippen molar-refractivity contribution in [3.8, 4) is 44.5 Å². The first kappa shape index (κ1) is 38.6. The zero-order valence-corrected chi connectivity index (χ0v) is 35.6. The maximum absolute atomic E-state index is 4.54. The van der Waals surface area contributed by atoms with Crippen LogP contribution in [0.15, 0.2) is 212 Å². The first-order valence-corrected chi connectivity index (χ1v) is 21.7. The lowest BCUT2D eigenvalue weighted by Gasteiger charge is -2.20. The monoisotopic (exact) mass is 792 g/mol. The molecule has 9 aromatic rings. The minimum Gasteiger partial charge on any atom is -0.0905 e. The molecular formula is C62H48. The summed E-state index contributed by atoms with van der Waals surface area (Å²) in [5.41, 5.74) is 18.7. The smallest absolute Gasteiger partial charge is 0.00383 e. The van der Waals surface area contributed by atoms with Crippen LogP contribution in [0, 0.1) is 0 Å². The lowest BCUT2D eigenvalue weighted by molar-refractivity contribution is 0.907. The topological polar surface area (TPSA) is 0 Å². The highest BCUT2D eigenvalue weighted by Crippen LogP contribution is 2.42. The Morgan fingerprint density at radius 3 is 1.73 bits per heavy atom. The Bertz CT molecular complexity index is 3380. The molecule has 0 heterocycles. The van der Waals surface area contributed by atoms with Gasteiger partial charge in [-0.05, 0) is 148 Å². The molecule has 296 valence electrons. The molecular weight excluding hydrogens is 745 g/mol. The highest BCUT2D eigenvalue weighted by atomic mass is 14.3. The summed E-state index contributed by atoms with van der Waals surface area (Å²) < 4.78 is 0. The normalized spacial score (nSPS) is 14.3. The average Bonchev–Trinajstić information content (AvgIpc) is 3.46. The first-order valence-electron chi connectivity index (χ1n) is 21.7. The summed E-state index contributed by atoms with van der Waals surface area (Å²) in [4.78, 5) is 0. The second-order valence-electron chi connectivity index (χ2n) is 16.7. The Balaban J connectivity index is 0.966. The van der Waals surface area contributed by atoms with Crippen molar-refractivity contribution in [2.45, 2.75) is 26.7 Å². The Labute approximate surface area is 365 Å². The summed E-state index contributed by atoms with van der Waals surface area (Å²) in [6.07, 6.45) is 9.10. The third-order valence-electron chi connectivity index (χ3n) is 13.0. The highest BCUT2D eigenvalue weighted by Gasteiger charge is 2.21. The molecule has 0 heteroatoms. The molecule has 0 bridgehead atoms. The van der Waals surface area contributed by atoms with Gasteiger partial charge in [-0.2, -0.15) is 0 Å². The quantitative estimate of drug-likeness (QED) is 0.151. The first-order chi connectivity index (χ1) is 30.4. The largest absolute Gasteiger partial charge is 0.0905 e. The molecule has 1 aliphatic carbocycles. The predicted molar refractivity (Wildman–Crippen MR) is 269 cm³/mol. The lowest BCUT2D eigenvalue weighted by atomic mass is 9.84. The number of fused-ring (bicyclic) bond motifs is 4. The van der Waals surface area contributed by atoms with Crippen LogP contribution in [0.25, 0.3) is 95.9 Å². The van der Waals surface area contributed by atoms with E-state index in [1.54, 1.807) is 0 Å². The maximum atomic E-state index is 4.54. The van der Waals surface area contributed by atoms with Gasteiger partial charge < -0.3 is 0 Å². The van der Waals surface area contributed by atoms with E-state index in [1.165, 1.54) is 105 Å². The summed E-state index contributed by atoms with van der Waals surface area (Å²) in [6, 6.07) is 70.7. The Hall–Kier alpha value is -7.54. The molecule has 0 N–H and O–H groups in total. The van der Waals surface area contributed by atoms with Crippen LogP contribution in [0.1, 0.15) is 48.9 Å². The van der Waals surface area contributed by atoms with E-state index in [4.69, 9.17) is 0 Å². The molecule has 0 aromatic heterocycles. The minimum absolute atomic E-state index is 0.242. The molecule has 0 nitrogen and oxygen atoms in total. The molecule has 0 saturated heterocycles. The van der Waals surface area contributed by atoms with Crippen molar-refractivity contribution >= 4 is 51.4 Å². The Kier molecular flexibility index (Phi) is 10.3. The van der Waals surface area contributed by atoms with Gasteiger partial charge in [0.2, 0.25) is 0 Å². The van der Waals surface area contributed by atoms with E-state index < -0.39 is 0 Å². The van der Waals surface area contributed by atoms with Crippen LogP contribution in [0.2, 0.25) is 0 Å². The third-order valence-corrected chi connectivity index (χ3v) is 13.0. The minimum atomic E-state index is 0.242. The van der Waals surface area contributed by atoms with Gasteiger partial charge in [-0.15, -0.1) is 0 Å². The van der Waals surface area contributed by atoms with E-state index in [0.29, 0.717) is 0 Å². The van der Waals surface area contributed by atoms with E-state index in [0.717, 1.165) is 10.4 Å². The number of hydrogen-bond acceptors (Lipinski definition) is 0. The van der Waals surface area contributed by atoms with Crippen molar-refractivity contribution in [3.05, 3.63) is 245 Å². The van der Waals surface area contributed by atoms with E-state index in [9.17, 15) is 0 Å². The fraction of sp³-hybridized carbons (Fsp3) is 0.0645. The van der Waals surface area contributed by atoms with Gasteiger partial charge in [-0.1, -0.05) is 213 Å². The number of allylic oxidation sites excluding steroid dienone is 5. The standard InChI is InChI=1S/C62H48/c1-41(25-26-45-27-28-48-30-33-52(39-60(48)44(45)4)46-15-7-5-8-16-46)51-19-13-21-55(37-51)58-23-11-12-24-59(58)56-22-14-20-54(38-56)57-36-35-50-32-29-49-31-34-53(47-17-9-6-10-18-47)40-61(49)62(50)43(3)42(57)2/h5-40,43H,4H2,1-3H3/b41-25+,45-26-. The van der Waals surface area contributed by atoms with Crippen LogP contribution in [0.4, 0.5) is 0 Å². The van der Waals surface area contributed by atoms with Crippen molar-refractivity contribution in [2.24, 2.45) is 0 Å². The fourth-order valence-corrected chi connectivity index (χ4v) is 9.33. The summed E-state index contributed by atoms with van der Waals surface area (Å²) in [6.45, 7) is 11.4. The zero-order chi connectivity index (χ0) is 42.2. The molecule has 62 heavy (non-hydrogen) atoms. The molecule has 1 atom stereocenters. The predicted octanol–water partition coefficient (Wildman–Crippen LogP) is 15.6. The molecule has 0 aliphatic heterocycles. The third kappa shape index (κ3) is 7.35. The number of benzene rings is 9. The van der Waals surface area contributed by atoms with E-state index >= 15 is 0 Å². The van der Waals surface area contributed by atoms with Gasteiger partial charge in [-0.3, -0.25) is 0 Å². The van der Waals surface area contributed by atoms with Crippen LogP contribution >= 0.6 is 0 Å². The summed E-state index contributed by atoms with van der Waals surface area (Å²) >= 11 is 0. The zero-order valence-electron chi connectivity index (χ0n) is 35.6. The van der Waals surface area contributed by atoms with Crippen molar-refractivity contribution in [1.82, 2.24) is 0 Å². The second kappa shape index (κ2) is 16.5. The fourth-order valence-electron chi connectivity index (χ4n) is 9.33. The van der Waals surface area contributed by atoms with Gasteiger partial charge >= 0.3 is 0 Å². The second-order valence-corrected chi connectivity index (χ2v) is 16.7. The maximum Gasteiger partial charge on any atom is 0.00383 e. The van der Waals surface area contributed by atoms with Gasteiger partial charge in [0.05, 0.1) is 0 Å². The number of rotatable bonds is 7. The number of hydrogen-bond donors (Lipinski definition) is 0. The summed E-state index contributed by atoms with van der Waals surface area (Å²) in [5, 5.41) is 7.16. The van der Waals surface area contributed by atoms with Crippen LogP contribution in [0.5, 0.6) is 0 Å². The highest BCUT2D eigenvalue weighted by molar-refractivity contribution is 5.96. The van der Waals surface area contributed by atoms with Crippen molar-refractivity contribution in [2.75, 3.05) is 0 Å². The van der Waals surface area contributed by atoms with Gasteiger partial charge in [-0.25, -0.2) is 0 Å². The SMILES string of the molecule is C=c1/c(=C\C=C(/C)c2cccc(-c3ccccc3-c3cccc(C4=C(C)C(C)c5c(ccc6ccc(-c7ccccc7)cc56)C=C4)c3)c2)ccc2ccc(-c3ccccc3)cc12. The molecule has 0 fully saturated rings. The van der Waals surface area contributed by atoms with Crippen molar-refractivity contribution in [3.63, 3.8) is 0 Å². The van der Waals surface area contributed by atoms with Gasteiger partial charge in [0, 0.05) is 5.92 Å². The van der Waals surface area contributed by atoms with E-state index in [-0.39, 0.29) is 5.92 Å². The van der Waals surface area contributed by atoms with Crippen LogP contribution in [-0.2, 0) is 0 Å². The molecule has 1 unspecified atom stereocenters. The molecule has 0 radical (unpaired) electrons.